The van der Waals surface area contributed by atoms with Crippen LogP contribution in [0, 0.1) is 0 Å². The fourth-order valence-corrected chi connectivity index (χ4v) is 3.00. The van der Waals surface area contributed by atoms with Crippen LogP contribution in [0.15, 0.2) is 52.4 Å². The molecule has 1 aliphatic rings. The molecule has 1 heterocycles. The monoisotopic (exact) mass is 432 g/mol. The maximum atomic E-state index is 11.2. The van der Waals surface area contributed by atoms with Gasteiger partial charge in [-0.05, 0) is 42.3 Å². The Kier molecular flexibility index (Phi) is 8.06. The average Bonchev–Trinajstić information content (AvgIpc) is 2.56. The predicted octanol–water partition coefficient (Wildman–Crippen LogP) is 2.24. The molecule has 10 heteroatoms. The highest BCUT2D eigenvalue weighted by atomic mass is 35.5. The number of benzene rings is 2. The van der Waals surface area contributed by atoms with E-state index in [0.717, 1.165) is 22.6 Å². The van der Waals surface area contributed by atoms with Crippen LogP contribution in [0.2, 0.25) is 0 Å². The van der Waals surface area contributed by atoms with E-state index in [1.807, 2.05) is 25.1 Å². The highest BCUT2D eigenvalue weighted by Gasteiger charge is 2.18. The van der Waals surface area contributed by atoms with Crippen LogP contribution in [-0.4, -0.2) is 20.4 Å². The van der Waals surface area contributed by atoms with Gasteiger partial charge in [0, 0.05) is 13.1 Å². The summed E-state index contributed by atoms with van der Waals surface area (Å²) in [5.41, 5.74) is 8.56. The first kappa shape index (κ1) is 23.2. The van der Waals surface area contributed by atoms with Crippen molar-refractivity contribution in [2.24, 2.45) is 15.9 Å². The lowest BCUT2D eigenvalue weighted by molar-refractivity contribution is 0.281. The number of amidine groups is 1. The number of nitrogens with one attached hydrogen (secondary N) is 1. The van der Waals surface area contributed by atoms with Gasteiger partial charge in [-0.15, -0.1) is 24.8 Å². The van der Waals surface area contributed by atoms with Crippen LogP contribution in [0.5, 0.6) is 5.75 Å². The number of ether oxygens (including phenoxy) is 1. The molecule has 7 nitrogen and oxygen atoms in total. The van der Waals surface area contributed by atoms with Gasteiger partial charge in [0.2, 0.25) is 10.0 Å². The van der Waals surface area contributed by atoms with Gasteiger partial charge in [0.25, 0.3) is 0 Å². The van der Waals surface area contributed by atoms with E-state index in [4.69, 9.17) is 15.6 Å². The Morgan fingerprint density at radius 3 is 2.30 bits per heavy atom. The van der Waals surface area contributed by atoms with Crippen LogP contribution in [-0.2, 0) is 23.1 Å². The SMILES string of the molecule is CC1Oc2ccc(CNCc3ccc(S(N)(=O)=O)cc3)cc2N=C1N.Cl.Cl. The van der Waals surface area contributed by atoms with Crippen LogP contribution in [0.25, 0.3) is 0 Å². The molecule has 1 aliphatic heterocycles. The predicted molar refractivity (Wildman–Crippen MR) is 111 cm³/mol. The van der Waals surface area contributed by atoms with Crippen molar-refractivity contribution in [3.05, 3.63) is 53.6 Å². The van der Waals surface area contributed by atoms with Crippen molar-refractivity contribution in [2.75, 3.05) is 0 Å². The fourth-order valence-electron chi connectivity index (χ4n) is 2.49. The smallest absolute Gasteiger partial charge is 0.238 e. The lowest BCUT2D eigenvalue weighted by Gasteiger charge is -2.21. The van der Waals surface area contributed by atoms with Crippen molar-refractivity contribution in [1.82, 2.24) is 5.32 Å². The quantitative estimate of drug-likeness (QED) is 0.668. The van der Waals surface area contributed by atoms with E-state index in [1.54, 1.807) is 12.1 Å². The normalized spacial score (nSPS) is 15.5. The number of fused-ring (bicyclic) bond motifs is 1. The average molecular weight is 433 g/mol. The number of nitrogens with zero attached hydrogens (tertiary/aromatic N) is 1. The molecule has 0 bridgehead atoms. The first-order chi connectivity index (χ1) is 11.8. The second-order valence-electron chi connectivity index (χ2n) is 5.89. The van der Waals surface area contributed by atoms with Gasteiger partial charge in [0.15, 0.2) is 6.10 Å². The summed E-state index contributed by atoms with van der Waals surface area (Å²) in [6, 6.07) is 12.3. The van der Waals surface area contributed by atoms with E-state index >= 15 is 0 Å². The third kappa shape index (κ3) is 5.82. The second-order valence-corrected chi connectivity index (χ2v) is 7.45. The van der Waals surface area contributed by atoms with E-state index in [0.29, 0.717) is 18.9 Å². The van der Waals surface area contributed by atoms with Gasteiger partial charge in [0.1, 0.15) is 17.3 Å². The topological polar surface area (TPSA) is 120 Å². The summed E-state index contributed by atoms with van der Waals surface area (Å²) < 4.78 is 28.1. The Hall–Kier alpha value is -1.84. The zero-order chi connectivity index (χ0) is 18.0. The van der Waals surface area contributed by atoms with E-state index < -0.39 is 10.0 Å². The molecule has 0 saturated heterocycles. The molecule has 0 fully saturated rings. The van der Waals surface area contributed by atoms with Crippen molar-refractivity contribution in [3.63, 3.8) is 0 Å². The summed E-state index contributed by atoms with van der Waals surface area (Å²) in [5, 5.41) is 8.39. The molecule has 0 amide bonds. The second kappa shape index (κ2) is 9.38. The number of primary sulfonamides is 1. The highest BCUT2D eigenvalue weighted by Crippen LogP contribution is 2.32. The van der Waals surface area contributed by atoms with Crippen molar-refractivity contribution < 1.29 is 13.2 Å². The van der Waals surface area contributed by atoms with Gasteiger partial charge in [-0.25, -0.2) is 18.5 Å². The molecule has 0 aromatic heterocycles. The van der Waals surface area contributed by atoms with E-state index in [-0.39, 0.29) is 35.8 Å². The zero-order valence-corrected chi connectivity index (χ0v) is 17.0. The van der Waals surface area contributed by atoms with Gasteiger partial charge in [0.05, 0.1) is 4.90 Å². The number of nitrogens with two attached hydrogens (primary N) is 2. The third-order valence-corrected chi connectivity index (χ3v) is 4.83. The van der Waals surface area contributed by atoms with Crippen LogP contribution >= 0.6 is 24.8 Å². The maximum absolute atomic E-state index is 11.2. The minimum absolute atomic E-state index is 0. The highest BCUT2D eigenvalue weighted by molar-refractivity contribution is 7.89. The number of hydrogen-bond acceptors (Lipinski definition) is 6. The molecule has 0 spiro atoms. The summed E-state index contributed by atoms with van der Waals surface area (Å²) >= 11 is 0. The largest absolute Gasteiger partial charge is 0.481 e. The van der Waals surface area contributed by atoms with Gasteiger partial charge in [-0.2, -0.15) is 0 Å². The minimum Gasteiger partial charge on any atom is -0.481 e. The minimum atomic E-state index is -3.66. The molecule has 27 heavy (non-hydrogen) atoms. The third-order valence-electron chi connectivity index (χ3n) is 3.90. The molecule has 1 atom stereocenters. The maximum Gasteiger partial charge on any atom is 0.238 e. The fraction of sp³-hybridized carbons (Fsp3) is 0.235. The lowest BCUT2D eigenvalue weighted by atomic mass is 10.1. The molecule has 0 saturated carbocycles. The van der Waals surface area contributed by atoms with Crippen LogP contribution in [0.3, 0.4) is 0 Å². The standard InChI is InChI=1S/C17H20N4O3S.2ClH/c1-11-17(18)21-15-8-13(4-7-16(15)24-11)10-20-9-12-2-5-14(6-3-12)25(19,22)23;;/h2-8,11,20H,9-10H2,1H3,(H2,18,21)(H2,19,22,23);2*1H. The molecule has 2 aromatic carbocycles. The van der Waals surface area contributed by atoms with Gasteiger partial charge >= 0.3 is 0 Å². The Bertz CT molecular complexity index is 918. The lowest BCUT2D eigenvalue weighted by Crippen LogP contribution is -2.33. The van der Waals surface area contributed by atoms with Gasteiger partial charge in [-0.1, -0.05) is 18.2 Å². The summed E-state index contributed by atoms with van der Waals surface area (Å²) in [5.74, 6) is 1.19. The van der Waals surface area contributed by atoms with Gasteiger partial charge in [-0.3, -0.25) is 0 Å². The molecule has 2 aromatic rings. The summed E-state index contributed by atoms with van der Waals surface area (Å²) in [7, 11) is -3.66. The summed E-state index contributed by atoms with van der Waals surface area (Å²) in [4.78, 5) is 4.47. The Labute approximate surface area is 171 Å². The first-order valence-electron chi connectivity index (χ1n) is 7.79. The molecule has 0 radical (unpaired) electrons. The summed E-state index contributed by atoms with van der Waals surface area (Å²) in [6.07, 6.45) is -0.211. The Morgan fingerprint density at radius 2 is 1.67 bits per heavy atom. The van der Waals surface area contributed by atoms with Crippen molar-refractivity contribution in [1.29, 1.82) is 0 Å². The Balaban J connectivity index is 0.00000182. The van der Waals surface area contributed by atoms with Crippen molar-refractivity contribution in [2.45, 2.75) is 31.0 Å². The zero-order valence-electron chi connectivity index (χ0n) is 14.6. The molecular formula is C17H22Cl2N4O3S. The number of sulfonamides is 1. The molecule has 3 rings (SSSR count). The van der Waals surface area contributed by atoms with Crippen LogP contribution < -0.4 is 20.9 Å². The molecule has 148 valence electrons. The first-order valence-corrected chi connectivity index (χ1v) is 9.33. The molecule has 5 N–H and O–H groups in total. The van der Waals surface area contributed by atoms with E-state index in [9.17, 15) is 8.42 Å². The van der Waals surface area contributed by atoms with Crippen LogP contribution in [0.4, 0.5) is 5.69 Å². The van der Waals surface area contributed by atoms with E-state index in [1.165, 1.54) is 12.1 Å². The molecule has 1 unspecified atom stereocenters. The number of halogens is 2. The van der Waals surface area contributed by atoms with Gasteiger partial charge < -0.3 is 15.8 Å². The van der Waals surface area contributed by atoms with Crippen molar-refractivity contribution in [3.8, 4) is 5.75 Å². The number of hydrogen-bond donors (Lipinski definition) is 3. The number of rotatable bonds is 5. The van der Waals surface area contributed by atoms with Crippen LogP contribution in [0.1, 0.15) is 18.1 Å². The summed E-state index contributed by atoms with van der Waals surface area (Å²) in [6.45, 7) is 3.09. The molecular weight excluding hydrogens is 411 g/mol. The molecule has 0 aliphatic carbocycles. The van der Waals surface area contributed by atoms with E-state index in [2.05, 4.69) is 10.3 Å². The number of aliphatic imine (C=N–C) groups is 1. The van der Waals surface area contributed by atoms with Crippen molar-refractivity contribution >= 4 is 46.4 Å². The Morgan fingerprint density at radius 1 is 1.07 bits per heavy atom.